The Hall–Kier alpha value is -2.54. The molecule has 0 saturated carbocycles. The van der Waals surface area contributed by atoms with Gasteiger partial charge in [0, 0.05) is 30.1 Å². The average Bonchev–Trinajstić information content (AvgIpc) is 3.10. The van der Waals surface area contributed by atoms with E-state index < -0.39 is 0 Å². The summed E-state index contributed by atoms with van der Waals surface area (Å²) < 4.78 is 10.5. The third-order valence-electron chi connectivity index (χ3n) is 3.42. The number of aromatic nitrogens is 4. The van der Waals surface area contributed by atoms with E-state index in [-0.39, 0.29) is 0 Å². The first-order valence-corrected chi connectivity index (χ1v) is 6.97. The molecule has 7 nitrogen and oxygen atoms in total. The fraction of sp³-hybridized carbons (Fsp3) is 0.333. The smallest absolute Gasteiger partial charge is 0.241 e. The Morgan fingerprint density at radius 3 is 2.50 bits per heavy atom. The molecule has 0 N–H and O–H groups in total. The summed E-state index contributed by atoms with van der Waals surface area (Å²) in [7, 11) is 1.99. The Labute approximate surface area is 128 Å². The summed E-state index contributed by atoms with van der Waals surface area (Å²) >= 11 is 0. The molecule has 0 aliphatic carbocycles. The van der Waals surface area contributed by atoms with E-state index in [0.29, 0.717) is 24.8 Å². The molecule has 3 heterocycles. The van der Waals surface area contributed by atoms with Gasteiger partial charge in [0.15, 0.2) is 0 Å². The maximum atomic E-state index is 5.31. The van der Waals surface area contributed by atoms with Crippen LogP contribution in [0.25, 0.3) is 11.4 Å². The third-order valence-corrected chi connectivity index (χ3v) is 3.42. The fourth-order valence-electron chi connectivity index (χ4n) is 2.22. The van der Waals surface area contributed by atoms with Gasteiger partial charge < -0.3 is 9.05 Å². The predicted octanol–water partition coefficient (Wildman–Crippen LogP) is 2.37. The third kappa shape index (κ3) is 3.04. The topological polar surface area (TPSA) is 81.1 Å². The molecule has 3 aromatic heterocycles. The molecule has 0 atom stereocenters. The number of rotatable bonds is 5. The normalized spacial score (nSPS) is 11.3. The molecule has 7 heteroatoms. The molecule has 0 saturated heterocycles. The van der Waals surface area contributed by atoms with Crippen molar-refractivity contribution in [2.24, 2.45) is 0 Å². The Kier molecular flexibility index (Phi) is 3.97. The summed E-state index contributed by atoms with van der Waals surface area (Å²) in [5.74, 6) is 1.98. The molecule has 0 aliphatic rings. The lowest BCUT2D eigenvalue weighted by atomic mass is 10.2. The molecule has 0 aliphatic heterocycles. The van der Waals surface area contributed by atoms with E-state index in [2.05, 4.69) is 25.2 Å². The Bertz CT molecular complexity index is 731. The van der Waals surface area contributed by atoms with Crippen LogP contribution in [0.1, 0.15) is 22.9 Å². The summed E-state index contributed by atoms with van der Waals surface area (Å²) in [5.41, 5.74) is 2.89. The van der Waals surface area contributed by atoms with Gasteiger partial charge in [0.1, 0.15) is 5.76 Å². The second kappa shape index (κ2) is 6.07. The van der Waals surface area contributed by atoms with Crippen molar-refractivity contribution in [3.05, 3.63) is 47.4 Å². The van der Waals surface area contributed by atoms with Crippen LogP contribution in [-0.4, -0.2) is 32.2 Å². The highest BCUT2D eigenvalue weighted by Gasteiger charge is 2.14. The summed E-state index contributed by atoms with van der Waals surface area (Å²) in [4.78, 5) is 10.5. The van der Waals surface area contributed by atoms with Crippen molar-refractivity contribution < 1.29 is 9.05 Å². The van der Waals surface area contributed by atoms with Crippen molar-refractivity contribution in [3.8, 4) is 11.4 Å². The van der Waals surface area contributed by atoms with Crippen molar-refractivity contribution in [3.63, 3.8) is 0 Å². The molecule has 0 amide bonds. The average molecular weight is 299 g/mol. The quantitative estimate of drug-likeness (QED) is 0.715. The predicted molar refractivity (Wildman–Crippen MR) is 78.7 cm³/mol. The van der Waals surface area contributed by atoms with Crippen LogP contribution in [0, 0.1) is 13.8 Å². The van der Waals surface area contributed by atoms with Crippen LogP contribution in [-0.2, 0) is 13.1 Å². The lowest BCUT2D eigenvalue weighted by Crippen LogP contribution is -2.18. The van der Waals surface area contributed by atoms with E-state index >= 15 is 0 Å². The number of aryl methyl sites for hydroxylation is 2. The van der Waals surface area contributed by atoms with E-state index in [0.717, 1.165) is 22.6 Å². The van der Waals surface area contributed by atoms with Crippen molar-refractivity contribution in [1.82, 2.24) is 25.2 Å². The molecular formula is C15H17N5O2. The van der Waals surface area contributed by atoms with Crippen molar-refractivity contribution >= 4 is 0 Å². The van der Waals surface area contributed by atoms with Gasteiger partial charge in [0.2, 0.25) is 11.7 Å². The molecule has 22 heavy (non-hydrogen) atoms. The molecule has 0 aromatic carbocycles. The van der Waals surface area contributed by atoms with Gasteiger partial charge in [0.05, 0.1) is 12.2 Å². The van der Waals surface area contributed by atoms with E-state index in [1.54, 1.807) is 12.4 Å². The zero-order valence-electron chi connectivity index (χ0n) is 12.8. The highest BCUT2D eigenvalue weighted by atomic mass is 16.5. The van der Waals surface area contributed by atoms with Crippen LogP contribution < -0.4 is 0 Å². The van der Waals surface area contributed by atoms with Crippen LogP contribution in [0.15, 0.2) is 33.6 Å². The number of pyridine rings is 1. The summed E-state index contributed by atoms with van der Waals surface area (Å²) in [6.07, 6.45) is 3.41. The fourth-order valence-corrected chi connectivity index (χ4v) is 2.22. The first-order chi connectivity index (χ1) is 10.6. The molecule has 0 unspecified atom stereocenters. The SMILES string of the molecule is Cc1noc(C)c1CN(C)Cc1nc(-c2ccncc2)no1. The maximum absolute atomic E-state index is 5.31. The van der Waals surface area contributed by atoms with Gasteiger partial charge in [-0.05, 0) is 33.0 Å². The summed E-state index contributed by atoms with van der Waals surface area (Å²) in [5, 5.41) is 7.96. The molecule has 0 bridgehead atoms. The van der Waals surface area contributed by atoms with E-state index in [1.165, 1.54) is 0 Å². The lowest BCUT2D eigenvalue weighted by Gasteiger charge is -2.13. The summed E-state index contributed by atoms with van der Waals surface area (Å²) in [6, 6.07) is 3.70. The zero-order valence-corrected chi connectivity index (χ0v) is 12.8. The Morgan fingerprint density at radius 2 is 1.82 bits per heavy atom. The summed E-state index contributed by atoms with van der Waals surface area (Å²) in [6.45, 7) is 5.13. The van der Waals surface area contributed by atoms with Gasteiger partial charge in [-0.3, -0.25) is 9.88 Å². The lowest BCUT2D eigenvalue weighted by molar-refractivity contribution is 0.259. The van der Waals surface area contributed by atoms with Crippen molar-refractivity contribution in [2.45, 2.75) is 26.9 Å². The van der Waals surface area contributed by atoms with Gasteiger partial charge in [-0.25, -0.2) is 0 Å². The monoisotopic (exact) mass is 299 g/mol. The molecule has 0 fully saturated rings. The second-order valence-corrected chi connectivity index (χ2v) is 5.22. The first kappa shape index (κ1) is 14.4. The van der Waals surface area contributed by atoms with Crippen LogP contribution in [0.3, 0.4) is 0 Å². The zero-order chi connectivity index (χ0) is 15.5. The number of hydrogen-bond acceptors (Lipinski definition) is 7. The van der Waals surface area contributed by atoms with Crippen molar-refractivity contribution in [1.29, 1.82) is 0 Å². The molecule has 3 rings (SSSR count). The van der Waals surface area contributed by atoms with E-state index in [9.17, 15) is 0 Å². The molecular weight excluding hydrogens is 282 g/mol. The van der Waals surface area contributed by atoms with Crippen molar-refractivity contribution in [2.75, 3.05) is 7.05 Å². The maximum Gasteiger partial charge on any atom is 0.241 e. The minimum atomic E-state index is 0.558. The van der Waals surface area contributed by atoms with Crippen LogP contribution in [0.4, 0.5) is 0 Å². The molecule has 0 spiro atoms. The van der Waals surface area contributed by atoms with Gasteiger partial charge in [-0.2, -0.15) is 4.98 Å². The van der Waals surface area contributed by atoms with E-state index in [1.807, 2.05) is 33.0 Å². The van der Waals surface area contributed by atoms with Gasteiger partial charge in [0.25, 0.3) is 0 Å². The highest BCUT2D eigenvalue weighted by Crippen LogP contribution is 2.17. The van der Waals surface area contributed by atoms with Crippen LogP contribution >= 0.6 is 0 Å². The highest BCUT2D eigenvalue weighted by molar-refractivity contribution is 5.52. The standard InChI is InChI=1S/C15H17N5O2/c1-10-13(11(2)21-18-10)8-20(3)9-14-17-15(19-22-14)12-4-6-16-7-5-12/h4-7H,8-9H2,1-3H3. The largest absolute Gasteiger partial charge is 0.361 e. The first-order valence-electron chi connectivity index (χ1n) is 6.97. The Morgan fingerprint density at radius 1 is 1.05 bits per heavy atom. The van der Waals surface area contributed by atoms with E-state index in [4.69, 9.17) is 9.05 Å². The number of hydrogen-bond donors (Lipinski definition) is 0. The number of nitrogens with zero attached hydrogens (tertiary/aromatic N) is 5. The van der Waals surface area contributed by atoms with Gasteiger partial charge in [-0.1, -0.05) is 10.3 Å². The minimum Gasteiger partial charge on any atom is -0.361 e. The van der Waals surface area contributed by atoms with Gasteiger partial charge in [-0.15, -0.1) is 0 Å². The van der Waals surface area contributed by atoms with Gasteiger partial charge >= 0.3 is 0 Å². The molecule has 3 aromatic rings. The van der Waals surface area contributed by atoms with Crippen LogP contribution in [0.5, 0.6) is 0 Å². The Balaban J connectivity index is 1.68. The molecule has 0 radical (unpaired) electrons. The molecule has 114 valence electrons. The minimum absolute atomic E-state index is 0.558. The van der Waals surface area contributed by atoms with Crippen LogP contribution in [0.2, 0.25) is 0 Å². The second-order valence-electron chi connectivity index (χ2n) is 5.22.